The Labute approximate surface area is 92.7 Å². The van der Waals surface area contributed by atoms with Crippen LogP contribution in [0.5, 0.6) is 0 Å². The first kappa shape index (κ1) is 9.10. The number of thiophene rings is 1. The Morgan fingerprint density at radius 2 is 2.00 bits per heavy atom. The van der Waals surface area contributed by atoms with E-state index in [0.29, 0.717) is 12.2 Å². The standard InChI is InChI=1S/C13H12OS/c1-13(2)7-9(14)12-11(13)8-5-3-4-6-10(8)15-12/h3-6H,7H2,1-2H3. The van der Waals surface area contributed by atoms with E-state index in [1.807, 2.05) is 12.1 Å². The first-order valence-electron chi connectivity index (χ1n) is 5.15. The highest BCUT2D eigenvalue weighted by molar-refractivity contribution is 7.21. The first-order chi connectivity index (χ1) is 7.09. The van der Waals surface area contributed by atoms with Gasteiger partial charge in [0, 0.05) is 11.1 Å². The van der Waals surface area contributed by atoms with Gasteiger partial charge in [-0.1, -0.05) is 32.0 Å². The average molecular weight is 216 g/mol. The van der Waals surface area contributed by atoms with Crippen LogP contribution < -0.4 is 0 Å². The number of rotatable bonds is 0. The number of benzene rings is 1. The molecule has 0 aliphatic heterocycles. The van der Waals surface area contributed by atoms with Gasteiger partial charge in [0.15, 0.2) is 5.78 Å². The van der Waals surface area contributed by atoms with Gasteiger partial charge in [-0.3, -0.25) is 4.79 Å². The molecule has 1 aromatic carbocycles. The van der Waals surface area contributed by atoms with Crippen molar-refractivity contribution in [2.45, 2.75) is 25.7 Å². The summed E-state index contributed by atoms with van der Waals surface area (Å²) in [4.78, 5) is 12.8. The lowest BCUT2D eigenvalue weighted by atomic mass is 9.86. The molecule has 0 saturated carbocycles. The SMILES string of the molecule is CC1(C)CC(=O)c2sc3ccccc3c21. The van der Waals surface area contributed by atoms with Gasteiger partial charge in [-0.15, -0.1) is 11.3 Å². The summed E-state index contributed by atoms with van der Waals surface area (Å²) < 4.78 is 1.24. The number of carbonyl (C=O) groups excluding carboxylic acids is 1. The summed E-state index contributed by atoms with van der Waals surface area (Å²) >= 11 is 1.65. The van der Waals surface area contributed by atoms with E-state index in [-0.39, 0.29) is 5.41 Å². The number of hydrogen-bond donors (Lipinski definition) is 0. The highest BCUT2D eigenvalue weighted by atomic mass is 32.1. The Morgan fingerprint density at radius 3 is 2.80 bits per heavy atom. The van der Waals surface area contributed by atoms with Crippen molar-refractivity contribution in [3.8, 4) is 0 Å². The number of ketones is 1. The molecule has 0 spiro atoms. The maximum absolute atomic E-state index is 11.9. The minimum Gasteiger partial charge on any atom is -0.293 e. The average Bonchev–Trinajstić information content (AvgIpc) is 2.64. The molecule has 0 atom stereocenters. The molecule has 0 unspecified atom stereocenters. The fraction of sp³-hybridized carbons (Fsp3) is 0.308. The molecule has 0 fully saturated rings. The maximum atomic E-state index is 11.9. The van der Waals surface area contributed by atoms with Crippen LogP contribution in [0, 0.1) is 0 Å². The number of carbonyl (C=O) groups is 1. The molecule has 15 heavy (non-hydrogen) atoms. The number of hydrogen-bond acceptors (Lipinski definition) is 2. The normalized spacial score (nSPS) is 18.4. The quantitative estimate of drug-likeness (QED) is 0.655. The fourth-order valence-corrected chi connectivity index (χ4v) is 3.80. The van der Waals surface area contributed by atoms with Crippen molar-refractivity contribution in [3.05, 3.63) is 34.7 Å². The van der Waals surface area contributed by atoms with E-state index >= 15 is 0 Å². The Morgan fingerprint density at radius 1 is 1.27 bits per heavy atom. The molecule has 2 heteroatoms. The molecule has 1 nitrogen and oxygen atoms in total. The molecule has 2 aromatic rings. The zero-order valence-electron chi connectivity index (χ0n) is 8.83. The van der Waals surface area contributed by atoms with Gasteiger partial charge in [0.25, 0.3) is 0 Å². The highest BCUT2D eigenvalue weighted by Gasteiger charge is 2.38. The molecule has 0 bridgehead atoms. The van der Waals surface area contributed by atoms with Gasteiger partial charge >= 0.3 is 0 Å². The van der Waals surface area contributed by atoms with Gasteiger partial charge in [-0.25, -0.2) is 0 Å². The fourth-order valence-electron chi connectivity index (χ4n) is 2.48. The Hall–Kier alpha value is -1.15. The summed E-state index contributed by atoms with van der Waals surface area (Å²) in [5.41, 5.74) is 1.29. The summed E-state index contributed by atoms with van der Waals surface area (Å²) in [5.74, 6) is 0.316. The lowest BCUT2D eigenvalue weighted by molar-refractivity contribution is 0.0982. The van der Waals surface area contributed by atoms with Crippen molar-refractivity contribution in [1.82, 2.24) is 0 Å². The van der Waals surface area contributed by atoms with Gasteiger partial charge in [0.2, 0.25) is 0 Å². The zero-order chi connectivity index (χ0) is 10.6. The molecule has 1 aromatic heterocycles. The largest absolute Gasteiger partial charge is 0.293 e. The molecule has 1 aliphatic carbocycles. The Kier molecular flexibility index (Phi) is 1.64. The Balaban J connectivity index is 2.45. The van der Waals surface area contributed by atoms with Gasteiger partial charge in [-0.2, -0.15) is 0 Å². The van der Waals surface area contributed by atoms with Crippen LogP contribution in [0.3, 0.4) is 0 Å². The van der Waals surface area contributed by atoms with Crippen LogP contribution >= 0.6 is 11.3 Å². The predicted molar refractivity (Wildman–Crippen MR) is 63.8 cm³/mol. The molecule has 0 saturated heterocycles. The topological polar surface area (TPSA) is 17.1 Å². The molecule has 0 amide bonds. The van der Waals surface area contributed by atoms with Crippen LogP contribution in [0.2, 0.25) is 0 Å². The van der Waals surface area contributed by atoms with E-state index in [2.05, 4.69) is 26.0 Å². The van der Waals surface area contributed by atoms with Crippen molar-refractivity contribution in [2.75, 3.05) is 0 Å². The Bertz CT molecular complexity index is 563. The van der Waals surface area contributed by atoms with E-state index in [4.69, 9.17) is 0 Å². The molecule has 0 radical (unpaired) electrons. The molecular weight excluding hydrogens is 204 g/mol. The summed E-state index contributed by atoms with van der Waals surface area (Å²) in [6.07, 6.45) is 0.666. The summed E-state index contributed by atoms with van der Waals surface area (Å²) in [6.45, 7) is 4.33. The van der Waals surface area contributed by atoms with E-state index in [1.54, 1.807) is 11.3 Å². The van der Waals surface area contributed by atoms with Gasteiger partial charge in [0.05, 0.1) is 4.88 Å². The monoisotopic (exact) mass is 216 g/mol. The third kappa shape index (κ3) is 1.11. The van der Waals surface area contributed by atoms with E-state index in [9.17, 15) is 4.79 Å². The third-order valence-corrected chi connectivity index (χ3v) is 4.34. The third-order valence-electron chi connectivity index (χ3n) is 3.13. The van der Waals surface area contributed by atoms with Crippen molar-refractivity contribution < 1.29 is 4.79 Å². The summed E-state index contributed by atoms with van der Waals surface area (Å²) in [7, 11) is 0. The summed E-state index contributed by atoms with van der Waals surface area (Å²) in [6, 6.07) is 8.31. The van der Waals surface area contributed by atoms with Crippen molar-refractivity contribution >= 4 is 27.2 Å². The van der Waals surface area contributed by atoms with Crippen LogP contribution in [-0.2, 0) is 5.41 Å². The van der Waals surface area contributed by atoms with Gasteiger partial charge in [-0.05, 0) is 22.4 Å². The minimum atomic E-state index is 0.0199. The molecule has 1 aliphatic rings. The van der Waals surface area contributed by atoms with Crippen LogP contribution in [-0.4, -0.2) is 5.78 Å². The van der Waals surface area contributed by atoms with Crippen LogP contribution in [0.15, 0.2) is 24.3 Å². The first-order valence-corrected chi connectivity index (χ1v) is 5.96. The van der Waals surface area contributed by atoms with Crippen LogP contribution in [0.4, 0.5) is 0 Å². The van der Waals surface area contributed by atoms with E-state index in [0.717, 1.165) is 4.88 Å². The van der Waals surface area contributed by atoms with Gasteiger partial charge < -0.3 is 0 Å². The maximum Gasteiger partial charge on any atom is 0.173 e. The van der Waals surface area contributed by atoms with Crippen molar-refractivity contribution in [3.63, 3.8) is 0 Å². The van der Waals surface area contributed by atoms with Gasteiger partial charge in [0.1, 0.15) is 0 Å². The van der Waals surface area contributed by atoms with Crippen LogP contribution in [0.25, 0.3) is 10.1 Å². The second-order valence-corrected chi connectivity index (χ2v) is 5.84. The lowest BCUT2D eigenvalue weighted by Crippen LogP contribution is -2.12. The highest BCUT2D eigenvalue weighted by Crippen LogP contribution is 2.46. The predicted octanol–water partition coefficient (Wildman–Crippen LogP) is 3.77. The second-order valence-electron chi connectivity index (χ2n) is 4.79. The minimum absolute atomic E-state index is 0.0199. The number of Topliss-reactive ketones (excluding diaryl/α,β-unsaturated/α-hetero) is 1. The zero-order valence-corrected chi connectivity index (χ0v) is 9.65. The lowest BCUT2D eigenvalue weighted by Gasteiger charge is -2.17. The molecule has 0 N–H and O–H groups in total. The van der Waals surface area contributed by atoms with E-state index in [1.165, 1.54) is 15.6 Å². The molecular formula is C13H12OS. The molecule has 1 heterocycles. The summed E-state index contributed by atoms with van der Waals surface area (Å²) in [5, 5.41) is 1.27. The van der Waals surface area contributed by atoms with Crippen LogP contribution in [0.1, 0.15) is 35.5 Å². The molecule has 3 rings (SSSR count). The van der Waals surface area contributed by atoms with Crippen molar-refractivity contribution in [1.29, 1.82) is 0 Å². The van der Waals surface area contributed by atoms with Crippen molar-refractivity contribution in [2.24, 2.45) is 0 Å². The molecule has 76 valence electrons. The van der Waals surface area contributed by atoms with E-state index < -0.39 is 0 Å². The second kappa shape index (κ2) is 2.70. The smallest absolute Gasteiger partial charge is 0.173 e. The number of fused-ring (bicyclic) bond motifs is 3.